The maximum atomic E-state index is 12.3. The molecule has 1 saturated carbocycles. The molecule has 1 aliphatic heterocycles. The van der Waals surface area contributed by atoms with Gasteiger partial charge in [0.15, 0.2) is 0 Å². The molecule has 4 nitrogen and oxygen atoms in total. The third-order valence-electron chi connectivity index (χ3n) is 3.71. The summed E-state index contributed by atoms with van der Waals surface area (Å²) < 4.78 is 5.73. The molecule has 1 aromatic rings. The van der Waals surface area contributed by atoms with Crippen LogP contribution in [-0.2, 0) is 4.74 Å². The summed E-state index contributed by atoms with van der Waals surface area (Å²) in [4.78, 5) is 13.0. The van der Waals surface area contributed by atoms with Crippen molar-refractivity contribution >= 4 is 17.2 Å². The number of carbonyl (C=O) groups is 1. The van der Waals surface area contributed by atoms with Gasteiger partial charge in [0.05, 0.1) is 12.1 Å². The maximum Gasteiger partial charge on any atom is 0.262 e. The molecule has 2 aliphatic rings. The van der Waals surface area contributed by atoms with Gasteiger partial charge in [-0.15, -0.1) is 11.3 Å². The molecular formula is C15H17NO3S. The summed E-state index contributed by atoms with van der Waals surface area (Å²) in [6.07, 6.45) is 3.49. The maximum absolute atomic E-state index is 12.3. The van der Waals surface area contributed by atoms with Gasteiger partial charge < -0.3 is 15.2 Å². The lowest BCUT2D eigenvalue weighted by Gasteiger charge is -2.19. The van der Waals surface area contributed by atoms with Gasteiger partial charge in [-0.1, -0.05) is 11.8 Å². The van der Waals surface area contributed by atoms with Gasteiger partial charge in [-0.25, -0.2) is 0 Å². The molecule has 0 radical (unpaired) electrons. The number of carbonyl (C=O) groups excluding carboxylic acids is 1. The first kappa shape index (κ1) is 13.6. The number of nitrogens with one attached hydrogen (secondary N) is 1. The van der Waals surface area contributed by atoms with Crippen molar-refractivity contribution in [3.05, 3.63) is 21.9 Å². The molecule has 5 heteroatoms. The highest BCUT2D eigenvalue weighted by atomic mass is 32.1. The molecule has 20 heavy (non-hydrogen) atoms. The number of ether oxygens (including phenoxy) is 1. The second-order valence-electron chi connectivity index (χ2n) is 5.16. The van der Waals surface area contributed by atoms with Crippen molar-refractivity contribution in [2.75, 3.05) is 13.2 Å². The fourth-order valence-electron chi connectivity index (χ4n) is 2.61. The zero-order chi connectivity index (χ0) is 13.9. The number of aliphatic hydroxyl groups is 1. The molecular weight excluding hydrogens is 274 g/mol. The summed E-state index contributed by atoms with van der Waals surface area (Å²) in [5.41, 5.74) is 0.684. The summed E-state index contributed by atoms with van der Waals surface area (Å²) >= 11 is 1.38. The summed E-state index contributed by atoms with van der Waals surface area (Å²) in [7, 11) is 0. The van der Waals surface area contributed by atoms with E-state index in [0.717, 1.165) is 13.0 Å². The molecule has 2 atom stereocenters. The first-order valence-electron chi connectivity index (χ1n) is 6.89. The van der Waals surface area contributed by atoms with Crippen molar-refractivity contribution in [1.29, 1.82) is 0 Å². The van der Waals surface area contributed by atoms with Crippen LogP contribution in [0.2, 0.25) is 0 Å². The Hall–Kier alpha value is -1.35. The Morgan fingerprint density at radius 3 is 3.10 bits per heavy atom. The summed E-state index contributed by atoms with van der Waals surface area (Å²) in [6.45, 7) is 0.533. The Morgan fingerprint density at radius 2 is 2.35 bits per heavy atom. The van der Waals surface area contributed by atoms with Crippen LogP contribution in [0.15, 0.2) is 11.4 Å². The average molecular weight is 291 g/mol. The van der Waals surface area contributed by atoms with Crippen LogP contribution in [0.4, 0.5) is 0 Å². The Kier molecular flexibility index (Phi) is 4.06. The van der Waals surface area contributed by atoms with Crippen molar-refractivity contribution in [1.82, 2.24) is 5.32 Å². The van der Waals surface area contributed by atoms with E-state index in [4.69, 9.17) is 9.84 Å². The zero-order valence-electron chi connectivity index (χ0n) is 11.1. The molecule has 3 rings (SSSR count). The monoisotopic (exact) mass is 291 g/mol. The van der Waals surface area contributed by atoms with E-state index in [1.165, 1.54) is 24.2 Å². The zero-order valence-corrected chi connectivity index (χ0v) is 11.9. The van der Waals surface area contributed by atoms with Gasteiger partial charge in [0.2, 0.25) is 0 Å². The van der Waals surface area contributed by atoms with Gasteiger partial charge >= 0.3 is 0 Å². The lowest BCUT2D eigenvalue weighted by Crippen LogP contribution is -2.41. The normalized spacial score (nSPS) is 25.1. The molecule has 0 bridgehead atoms. The quantitative estimate of drug-likeness (QED) is 0.827. The second-order valence-corrected chi connectivity index (χ2v) is 6.08. The van der Waals surface area contributed by atoms with Gasteiger partial charge in [0, 0.05) is 12.2 Å². The number of thiophene rings is 1. The van der Waals surface area contributed by atoms with Crippen LogP contribution >= 0.6 is 11.3 Å². The predicted octanol–water partition coefficient (Wildman–Crippen LogP) is 1.39. The molecule has 1 amide bonds. The summed E-state index contributed by atoms with van der Waals surface area (Å²) in [5, 5.41) is 13.7. The van der Waals surface area contributed by atoms with E-state index in [9.17, 15) is 4.79 Å². The van der Waals surface area contributed by atoms with Gasteiger partial charge in [0.1, 0.15) is 11.5 Å². The largest absolute Gasteiger partial charge is 0.384 e. The minimum Gasteiger partial charge on any atom is -0.384 e. The Bertz CT molecular complexity index is 553. The van der Waals surface area contributed by atoms with Gasteiger partial charge in [-0.3, -0.25) is 4.79 Å². The highest BCUT2D eigenvalue weighted by Gasteiger charge is 2.41. The minimum atomic E-state index is -0.197. The van der Waals surface area contributed by atoms with Crippen LogP contribution in [-0.4, -0.2) is 36.4 Å². The van der Waals surface area contributed by atoms with Crippen molar-refractivity contribution in [2.45, 2.75) is 31.4 Å². The molecule has 1 saturated heterocycles. The van der Waals surface area contributed by atoms with E-state index in [1.807, 2.05) is 11.4 Å². The molecule has 0 spiro atoms. The third kappa shape index (κ3) is 2.88. The van der Waals surface area contributed by atoms with Crippen molar-refractivity contribution in [3.63, 3.8) is 0 Å². The van der Waals surface area contributed by atoms with Gasteiger partial charge in [-0.2, -0.15) is 0 Å². The van der Waals surface area contributed by atoms with E-state index in [0.29, 0.717) is 16.4 Å². The lowest BCUT2D eigenvalue weighted by molar-refractivity contribution is 0.0731. The Morgan fingerprint density at radius 1 is 1.50 bits per heavy atom. The number of amides is 1. The molecule has 2 N–H and O–H groups in total. The number of aliphatic hydroxyl groups excluding tert-OH is 1. The van der Waals surface area contributed by atoms with Crippen LogP contribution in [0.1, 0.15) is 34.5 Å². The van der Waals surface area contributed by atoms with Crippen LogP contribution in [0.5, 0.6) is 0 Å². The standard InChI is InChI=1S/C15H17NO3S/c17-7-1-2-11-6-9-20-14(11)15(18)16-12-5-8-19-13(12)10-3-4-10/h6,9-10,12-13,17H,3-5,7-8H2,(H,16,18). The molecule has 0 aromatic carbocycles. The van der Waals surface area contributed by atoms with E-state index in [-0.39, 0.29) is 24.7 Å². The van der Waals surface area contributed by atoms with Crippen molar-refractivity contribution in [2.24, 2.45) is 5.92 Å². The van der Waals surface area contributed by atoms with Crippen LogP contribution in [0.3, 0.4) is 0 Å². The van der Waals surface area contributed by atoms with E-state index in [2.05, 4.69) is 17.2 Å². The number of hydrogen-bond donors (Lipinski definition) is 2. The third-order valence-corrected chi connectivity index (χ3v) is 4.63. The highest BCUT2D eigenvalue weighted by Crippen LogP contribution is 2.38. The molecule has 2 fully saturated rings. The number of hydrogen-bond acceptors (Lipinski definition) is 4. The van der Waals surface area contributed by atoms with Crippen molar-refractivity contribution < 1.29 is 14.6 Å². The number of rotatable bonds is 3. The molecule has 106 valence electrons. The van der Waals surface area contributed by atoms with Crippen LogP contribution < -0.4 is 5.32 Å². The Balaban J connectivity index is 1.68. The lowest BCUT2D eigenvalue weighted by atomic mass is 10.1. The van der Waals surface area contributed by atoms with Crippen LogP contribution in [0.25, 0.3) is 0 Å². The molecule has 2 unspecified atom stereocenters. The SMILES string of the molecule is O=C(NC1CCOC1C1CC1)c1sccc1C#CCO. The predicted molar refractivity (Wildman–Crippen MR) is 76.6 cm³/mol. The average Bonchev–Trinajstić information content (AvgIpc) is 3.00. The summed E-state index contributed by atoms with van der Waals surface area (Å²) in [6, 6.07) is 1.93. The summed E-state index contributed by atoms with van der Waals surface area (Å²) in [5.74, 6) is 5.94. The first-order valence-corrected chi connectivity index (χ1v) is 7.77. The minimum absolute atomic E-state index is 0.0802. The Labute approximate surface area is 122 Å². The second kappa shape index (κ2) is 5.96. The van der Waals surface area contributed by atoms with Gasteiger partial charge in [-0.05, 0) is 36.6 Å². The highest BCUT2D eigenvalue weighted by molar-refractivity contribution is 7.12. The smallest absolute Gasteiger partial charge is 0.262 e. The topological polar surface area (TPSA) is 58.6 Å². The molecule has 1 aromatic heterocycles. The fraction of sp³-hybridized carbons (Fsp3) is 0.533. The van der Waals surface area contributed by atoms with Gasteiger partial charge in [0.25, 0.3) is 5.91 Å². The van der Waals surface area contributed by atoms with Crippen molar-refractivity contribution in [3.8, 4) is 11.8 Å². The van der Waals surface area contributed by atoms with Crippen LogP contribution in [0, 0.1) is 17.8 Å². The van der Waals surface area contributed by atoms with E-state index >= 15 is 0 Å². The van der Waals surface area contributed by atoms with E-state index in [1.54, 1.807) is 0 Å². The fourth-order valence-corrected chi connectivity index (χ4v) is 3.36. The first-order chi connectivity index (χ1) is 9.79. The molecule has 2 heterocycles. The molecule has 1 aliphatic carbocycles. The van der Waals surface area contributed by atoms with E-state index < -0.39 is 0 Å².